The molecule has 1 aromatic carbocycles. The summed E-state index contributed by atoms with van der Waals surface area (Å²) in [6.07, 6.45) is -1.99. The number of carbonyl (C=O) groups excluding carboxylic acids is 1. The average Bonchev–Trinajstić information content (AvgIpc) is 2.93. The first-order valence-corrected chi connectivity index (χ1v) is 6.76. The van der Waals surface area contributed by atoms with Crippen molar-refractivity contribution in [2.45, 2.75) is 19.5 Å². The summed E-state index contributed by atoms with van der Waals surface area (Å²) >= 11 is 0. The van der Waals surface area contributed by atoms with Gasteiger partial charge in [-0.25, -0.2) is 4.68 Å². The zero-order valence-corrected chi connectivity index (χ0v) is 12.5. The van der Waals surface area contributed by atoms with E-state index in [0.717, 1.165) is 10.7 Å². The SMILES string of the molecule is O=C(Nc1cnn(COCC(F)(F)F)c1)c1cccc(OC(F)F)c1. The van der Waals surface area contributed by atoms with Crippen LogP contribution in [0.3, 0.4) is 0 Å². The smallest absolute Gasteiger partial charge is 0.411 e. The Morgan fingerprint density at radius 1 is 1.32 bits per heavy atom. The van der Waals surface area contributed by atoms with Crippen molar-refractivity contribution in [2.75, 3.05) is 11.9 Å². The monoisotopic (exact) mass is 365 g/mol. The second-order valence-electron chi connectivity index (χ2n) is 4.72. The predicted molar refractivity (Wildman–Crippen MR) is 75.3 cm³/mol. The van der Waals surface area contributed by atoms with Gasteiger partial charge >= 0.3 is 12.8 Å². The van der Waals surface area contributed by atoms with Gasteiger partial charge in [0.1, 0.15) is 19.1 Å². The molecule has 6 nitrogen and oxygen atoms in total. The maximum atomic E-state index is 12.2. The molecule has 0 aliphatic rings. The van der Waals surface area contributed by atoms with Gasteiger partial charge in [0.15, 0.2) is 0 Å². The Hall–Kier alpha value is -2.69. The molecule has 136 valence electrons. The van der Waals surface area contributed by atoms with Gasteiger partial charge in [-0.15, -0.1) is 0 Å². The fourth-order valence-corrected chi connectivity index (χ4v) is 1.77. The van der Waals surface area contributed by atoms with Gasteiger partial charge in [-0.1, -0.05) is 6.07 Å². The third-order valence-corrected chi connectivity index (χ3v) is 2.70. The van der Waals surface area contributed by atoms with Crippen LogP contribution in [0.25, 0.3) is 0 Å². The van der Waals surface area contributed by atoms with Crippen LogP contribution < -0.4 is 10.1 Å². The number of alkyl halides is 5. The number of hydrogen-bond acceptors (Lipinski definition) is 4. The summed E-state index contributed by atoms with van der Waals surface area (Å²) in [7, 11) is 0. The second-order valence-corrected chi connectivity index (χ2v) is 4.72. The lowest BCUT2D eigenvalue weighted by molar-refractivity contribution is -0.182. The molecule has 0 fully saturated rings. The van der Waals surface area contributed by atoms with Crippen molar-refractivity contribution in [1.82, 2.24) is 9.78 Å². The highest BCUT2D eigenvalue weighted by atomic mass is 19.4. The number of carbonyl (C=O) groups is 1. The van der Waals surface area contributed by atoms with Crippen molar-refractivity contribution in [2.24, 2.45) is 0 Å². The van der Waals surface area contributed by atoms with E-state index in [1.807, 2.05) is 0 Å². The van der Waals surface area contributed by atoms with Crippen LogP contribution in [0.2, 0.25) is 0 Å². The maximum absolute atomic E-state index is 12.2. The van der Waals surface area contributed by atoms with Crippen LogP contribution in [-0.2, 0) is 11.5 Å². The van der Waals surface area contributed by atoms with Crippen molar-refractivity contribution in [3.05, 3.63) is 42.2 Å². The summed E-state index contributed by atoms with van der Waals surface area (Å²) < 4.78 is 69.9. The Morgan fingerprint density at radius 3 is 2.76 bits per heavy atom. The first-order valence-electron chi connectivity index (χ1n) is 6.76. The van der Waals surface area contributed by atoms with Crippen LogP contribution in [-0.4, -0.2) is 35.1 Å². The summed E-state index contributed by atoms with van der Waals surface area (Å²) in [6, 6.07) is 5.13. The second kappa shape index (κ2) is 7.92. The lowest BCUT2D eigenvalue weighted by Crippen LogP contribution is -2.18. The maximum Gasteiger partial charge on any atom is 0.411 e. The Bertz CT molecular complexity index is 718. The first-order chi connectivity index (χ1) is 11.7. The number of aromatic nitrogens is 2. The van der Waals surface area contributed by atoms with Crippen LogP contribution in [0, 0.1) is 0 Å². The number of halogens is 5. The van der Waals surface area contributed by atoms with Crippen LogP contribution in [0.4, 0.5) is 27.6 Å². The number of benzene rings is 1. The number of rotatable bonds is 7. The van der Waals surface area contributed by atoms with Gasteiger partial charge in [0.2, 0.25) is 0 Å². The molecule has 2 aromatic rings. The quantitative estimate of drug-likeness (QED) is 0.765. The third-order valence-electron chi connectivity index (χ3n) is 2.70. The van der Waals surface area contributed by atoms with Crippen LogP contribution in [0.5, 0.6) is 5.75 Å². The molecule has 25 heavy (non-hydrogen) atoms. The molecule has 0 radical (unpaired) electrons. The minimum absolute atomic E-state index is 0.0548. The molecule has 0 aliphatic heterocycles. The molecule has 0 unspecified atom stereocenters. The summed E-state index contributed by atoms with van der Waals surface area (Å²) in [5.41, 5.74) is 0.250. The number of anilines is 1. The minimum Gasteiger partial charge on any atom is -0.435 e. The number of nitrogens with one attached hydrogen (secondary N) is 1. The van der Waals surface area contributed by atoms with Crippen molar-refractivity contribution >= 4 is 11.6 Å². The van der Waals surface area contributed by atoms with Gasteiger partial charge in [-0.3, -0.25) is 4.79 Å². The molecule has 0 spiro atoms. The largest absolute Gasteiger partial charge is 0.435 e. The number of amides is 1. The molecular weight excluding hydrogens is 353 g/mol. The highest BCUT2D eigenvalue weighted by molar-refractivity contribution is 6.04. The van der Waals surface area contributed by atoms with E-state index in [4.69, 9.17) is 0 Å². The molecule has 2 rings (SSSR count). The molecule has 11 heteroatoms. The molecule has 1 N–H and O–H groups in total. The molecule has 0 saturated heterocycles. The predicted octanol–water partition coefficient (Wildman–Crippen LogP) is 3.27. The molecule has 0 bridgehead atoms. The number of nitrogens with zero attached hydrogens (tertiary/aromatic N) is 2. The van der Waals surface area contributed by atoms with Crippen molar-refractivity contribution < 1.29 is 36.2 Å². The zero-order valence-electron chi connectivity index (χ0n) is 12.5. The summed E-state index contributed by atoms with van der Waals surface area (Å²) in [4.78, 5) is 12.0. The molecule has 1 heterocycles. The van der Waals surface area contributed by atoms with Crippen molar-refractivity contribution in [3.8, 4) is 5.75 Å². The van der Waals surface area contributed by atoms with E-state index in [1.54, 1.807) is 0 Å². The van der Waals surface area contributed by atoms with Crippen molar-refractivity contribution in [3.63, 3.8) is 0 Å². The van der Waals surface area contributed by atoms with E-state index >= 15 is 0 Å². The van der Waals surface area contributed by atoms with Gasteiger partial charge in [-0.2, -0.15) is 27.1 Å². The Balaban J connectivity index is 1.93. The van der Waals surface area contributed by atoms with Gasteiger partial charge < -0.3 is 14.8 Å². The molecular formula is C14H12F5N3O3. The zero-order chi connectivity index (χ0) is 18.4. The Kier molecular flexibility index (Phi) is 5.91. The normalized spacial score (nSPS) is 11.6. The molecule has 0 atom stereocenters. The lowest BCUT2D eigenvalue weighted by atomic mass is 10.2. The number of ether oxygens (including phenoxy) is 2. The van der Waals surface area contributed by atoms with E-state index in [2.05, 4.69) is 19.9 Å². The van der Waals surface area contributed by atoms with Crippen LogP contribution in [0.1, 0.15) is 10.4 Å². The highest BCUT2D eigenvalue weighted by Gasteiger charge is 2.27. The average molecular weight is 365 g/mol. The molecule has 0 aliphatic carbocycles. The van der Waals surface area contributed by atoms with E-state index in [-0.39, 0.29) is 17.0 Å². The summed E-state index contributed by atoms with van der Waals surface area (Å²) in [5, 5.41) is 6.15. The molecule has 1 aromatic heterocycles. The fourth-order valence-electron chi connectivity index (χ4n) is 1.77. The van der Waals surface area contributed by atoms with Gasteiger partial charge in [0.25, 0.3) is 5.91 Å². The van der Waals surface area contributed by atoms with Gasteiger partial charge in [0.05, 0.1) is 18.1 Å². The molecule has 0 saturated carbocycles. The van der Waals surface area contributed by atoms with Gasteiger partial charge in [0, 0.05) is 5.56 Å². The summed E-state index contributed by atoms with van der Waals surface area (Å²) in [5.74, 6) is -0.811. The Labute approximate surface area is 138 Å². The summed E-state index contributed by atoms with van der Waals surface area (Å²) in [6.45, 7) is -4.90. The fraction of sp³-hybridized carbons (Fsp3) is 0.286. The van der Waals surface area contributed by atoms with E-state index in [9.17, 15) is 26.7 Å². The van der Waals surface area contributed by atoms with Crippen molar-refractivity contribution in [1.29, 1.82) is 0 Å². The van der Waals surface area contributed by atoms with Crippen LogP contribution in [0.15, 0.2) is 36.7 Å². The standard InChI is InChI=1S/C14H12F5N3O3/c15-13(16)25-11-3-1-2-9(4-11)12(23)21-10-5-20-22(6-10)8-24-7-14(17,18)19/h1-6,13H,7-8H2,(H,21,23). The highest BCUT2D eigenvalue weighted by Crippen LogP contribution is 2.18. The number of hydrogen-bond donors (Lipinski definition) is 1. The Morgan fingerprint density at radius 2 is 2.08 bits per heavy atom. The lowest BCUT2D eigenvalue weighted by Gasteiger charge is -2.07. The van der Waals surface area contributed by atoms with E-state index < -0.39 is 32.0 Å². The van der Waals surface area contributed by atoms with Crippen LogP contribution >= 0.6 is 0 Å². The topological polar surface area (TPSA) is 65.4 Å². The van der Waals surface area contributed by atoms with Gasteiger partial charge in [-0.05, 0) is 18.2 Å². The van der Waals surface area contributed by atoms with E-state index in [0.29, 0.717) is 0 Å². The first kappa shape index (κ1) is 18.6. The third kappa shape index (κ3) is 6.37. The van der Waals surface area contributed by atoms with E-state index in [1.165, 1.54) is 30.6 Å². The minimum atomic E-state index is -4.45. The molecule has 1 amide bonds.